The number of esters is 1. The highest BCUT2D eigenvalue weighted by molar-refractivity contribution is 7.13. The largest absolute Gasteiger partial charge is 0.462 e. The average Bonchev–Trinajstić information content (AvgIpc) is 3.54. The Labute approximate surface area is 264 Å². The number of carbonyl (C=O) groups is 2. The number of thiazole rings is 1. The minimum Gasteiger partial charge on any atom is -0.462 e. The van der Waals surface area contributed by atoms with E-state index in [1.165, 1.54) is 12.4 Å². The molecule has 10 nitrogen and oxygen atoms in total. The molecule has 46 heavy (non-hydrogen) atoms. The van der Waals surface area contributed by atoms with Crippen LogP contribution in [0.25, 0.3) is 32.6 Å². The standard InChI is InChI=1S/C32H28F3N5O5S/c1-3-5-20(41)11-19-12-21(30-37-26(16-46-30)32(33,34)35)23(13-36-19)18-8-9-25-22(10-18)28(42)24(31(43)44-4-2)14-40(25)15-27-38-29(45-39-27)17-6-7-17/h8-10,12-14,16-17H,3-7,11,15H2,1-2H3. The lowest BCUT2D eigenvalue weighted by Crippen LogP contribution is -2.21. The molecule has 1 saturated carbocycles. The van der Waals surface area contributed by atoms with Gasteiger partial charge in [-0.15, -0.1) is 11.3 Å². The molecule has 4 aromatic heterocycles. The number of carbonyl (C=O) groups excluding carboxylic acids is 2. The second-order valence-electron chi connectivity index (χ2n) is 11.0. The molecule has 0 saturated heterocycles. The molecular weight excluding hydrogens is 623 g/mol. The summed E-state index contributed by atoms with van der Waals surface area (Å²) >= 11 is 0.813. The number of fused-ring (bicyclic) bond motifs is 1. The van der Waals surface area contributed by atoms with Gasteiger partial charge in [-0.25, -0.2) is 9.78 Å². The van der Waals surface area contributed by atoms with Crippen LogP contribution in [0.1, 0.15) is 78.9 Å². The van der Waals surface area contributed by atoms with Crippen LogP contribution in [0, 0.1) is 0 Å². The summed E-state index contributed by atoms with van der Waals surface area (Å²) in [6.07, 6.45) is 1.19. The minimum absolute atomic E-state index is 0.0164. The van der Waals surface area contributed by atoms with Crippen LogP contribution in [-0.4, -0.2) is 43.0 Å². The predicted molar refractivity (Wildman–Crippen MR) is 162 cm³/mol. The number of pyridine rings is 2. The van der Waals surface area contributed by atoms with Crippen LogP contribution in [0.2, 0.25) is 0 Å². The fourth-order valence-corrected chi connectivity index (χ4v) is 5.99. The van der Waals surface area contributed by atoms with Gasteiger partial charge in [-0.2, -0.15) is 18.2 Å². The zero-order chi connectivity index (χ0) is 32.6. The first-order valence-corrected chi connectivity index (χ1v) is 15.6. The summed E-state index contributed by atoms with van der Waals surface area (Å²) in [5, 5.41) is 5.24. The molecule has 6 rings (SSSR count). The van der Waals surface area contributed by atoms with Crippen molar-refractivity contribution in [1.82, 2.24) is 24.7 Å². The molecule has 1 fully saturated rings. The molecule has 0 radical (unpaired) electrons. The molecule has 0 N–H and O–H groups in total. The summed E-state index contributed by atoms with van der Waals surface area (Å²) in [7, 11) is 0. The monoisotopic (exact) mass is 651 g/mol. The van der Waals surface area contributed by atoms with Gasteiger partial charge in [0.2, 0.25) is 11.3 Å². The van der Waals surface area contributed by atoms with Crippen LogP contribution in [0.5, 0.6) is 0 Å². The third-order valence-corrected chi connectivity index (χ3v) is 8.38. The van der Waals surface area contributed by atoms with Crippen LogP contribution < -0.4 is 5.43 Å². The van der Waals surface area contributed by atoms with Crippen LogP contribution in [0.4, 0.5) is 13.2 Å². The van der Waals surface area contributed by atoms with Crippen molar-refractivity contribution in [3.05, 3.63) is 80.9 Å². The van der Waals surface area contributed by atoms with Crippen LogP contribution >= 0.6 is 11.3 Å². The topological polar surface area (TPSA) is 130 Å². The highest BCUT2D eigenvalue weighted by Crippen LogP contribution is 2.40. The van der Waals surface area contributed by atoms with Crippen molar-refractivity contribution in [1.29, 1.82) is 0 Å². The first-order chi connectivity index (χ1) is 22.0. The highest BCUT2D eigenvalue weighted by atomic mass is 32.1. The zero-order valence-electron chi connectivity index (χ0n) is 24.9. The minimum atomic E-state index is -4.64. The number of halogens is 3. The maximum absolute atomic E-state index is 13.7. The average molecular weight is 652 g/mol. The molecule has 0 bridgehead atoms. The lowest BCUT2D eigenvalue weighted by atomic mass is 9.98. The summed E-state index contributed by atoms with van der Waals surface area (Å²) in [5.74, 6) is 0.311. The van der Waals surface area contributed by atoms with E-state index >= 15 is 0 Å². The van der Waals surface area contributed by atoms with E-state index in [1.54, 1.807) is 35.8 Å². The smallest absolute Gasteiger partial charge is 0.434 e. The summed E-state index contributed by atoms with van der Waals surface area (Å²) < 4.78 is 52.7. The molecule has 0 atom stereocenters. The van der Waals surface area contributed by atoms with E-state index in [0.717, 1.165) is 29.6 Å². The Bertz CT molecular complexity index is 2010. The van der Waals surface area contributed by atoms with Gasteiger partial charge in [-0.05, 0) is 49.9 Å². The number of ether oxygens (including phenoxy) is 1. The number of alkyl halides is 3. The van der Waals surface area contributed by atoms with Crippen molar-refractivity contribution in [3.8, 4) is 21.7 Å². The molecule has 4 heterocycles. The molecule has 1 aliphatic carbocycles. The Balaban J connectivity index is 1.48. The summed E-state index contributed by atoms with van der Waals surface area (Å²) in [4.78, 5) is 51.7. The third-order valence-electron chi connectivity index (χ3n) is 7.50. The molecule has 238 valence electrons. The number of hydrogen-bond donors (Lipinski definition) is 0. The van der Waals surface area contributed by atoms with Crippen molar-refractivity contribution in [2.45, 2.75) is 64.6 Å². The first kappa shape index (κ1) is 31.3. The fraction of sp³-hybridized carbons (Fsp3) is 0.344. The van der Waals surface area contributed by atoms with Gasteiger partial charge in [0.15, 0.2) is 11.5 Å². The Hall–Kier alpha value is -4.72. The number of ketones is 1. The molecule has 14 heteroatoms. The molecule has 0 spiro atoms. The Kier molecular flexibility index (Phi) is 8.55. The molecule has 0 unspecified atom stereocenters. The van der Waals surface area contributed by atoms with Gasteiger partial charge in [0.05, 0.1) is 18.7 Å². The first-order valence-electron chi connectivity index (χ1n) is 14.8. The van der Waals surface area contributed by atoms with E-state index in [9.17, 15) is 27.6 Å². The normalized spacial score (nSPS) is 13.3. The number of nitrogens with zero attached hydrogens (tertiary/aromatic N) is 5. The summed E-state index contributed by atoms with van der Waals surface area (Å²) in [6.45, 7) is 3.67. The lowest BCUT2D eigenvalue weighted by molar-refractivity contribution is -0.140. The van der Waals surface area contributed by atoms with E-state index in [4.69, 9.17) is 9.26 Å². The summed E-state index contributed by atoms with van der Waals surface area (Å²) in [6, 6.07) is 6.50. The Morgan fingerprint density at radius 1 is 1.13 bits per heavy atom. The van der Waals surface area contributed by atoms with Crippen molar-refractivity contribution >= 4 is 34.0 Å². The molecule has 0 amide bonds. The quantitative estimate of drug-likeness (QED) is 0.145. The fourth-order valence-electron chi connectivity index (χ4n) is 5.13. The van der Waals surface area contributed by atoms with Crippen molar-refractivity contribution in [2.24, 2.45) is 0 Å². The molecule has 1 aliphatic rings. The predicted octanol–water partition coefficient (Wildman–Crippen LogP) is 6.60. The van der Waals surface area contributed by atoms with E-state index < -0.39 is 23.3 Å². The van der Waals surface area contributed by atoms with Gasteiger partial charge < -0.3 is 13.8 Å². The van der Waals surface area contributed by atoms with Gasteiger partial charge >= 0.3 is 12.1 Å². The maximum Gasteiger partial charge on any atom is 0.434 e. The van der Waals surface area contributed by atoms with Gasteiger partial charge in [-0.3, -0.25) is 14.6 Å². The van der Waals surface area contributed by atoms with Crippen molar-refractivity contribution < 1.29 is 32.0 Å². The molecule has 5 aromatic rings. The van der Waals surface area contributed by atoms with E-state index in [2.05, 4.69) is 20.1 Å². The Morgan fingerprint density at radius 3 is 2.63 bits per heavy atom. The second-order valence-corrected chi connectivity index (χ2v) is 11.9. The van der Waals surface area contributed by atoms with Crippen LogP contribution in [0.3, 0.4) is 0 Å². The molecular formula is C32H28F3N5O5S. The highest BCUT2D eigenvalue weighted by Gasteiger charge is 2.34. The maximum atomic E-state index is 13.7. The van der Waals surface area contributed by atoms with Gasteiger partial charge in [-0.1, -0.05) is 18.1 Å². The van der Waals surface area contributed by atoms with Crippen LogP contribution in [-0.2, 0) is 28.7 Å². The van der Waals surface area contributed by atoms with E-state index in [1.807, 2.05) is 6.92 Å². The van der Waals surface area contributed by atoms with Crippen molar-refractivity contribution in [2.75, 3.05) is 6.61 Å². The van der Waals surface area contributed by atoms with E-state index in [-0.39, 0.29) is 47.2 Å². The van der Waals surface area contributed by atoms with Crippen LogP contribution in [0.15, 0.2) is 51.4 Å². The third kappa shape index (κ3) is 6.48. The number of hydrogen-bond acceptors (Lipinski definition) is 10. The number of rotatable bonds is 11. The number of aromatic nitrogens is 5. The molecule has 1 aromatic carbocycles. The van der Waals surface area contributed by atoms with Gasteiger partial charge in [0.1, 0.15) is 16.4 Å². The van der Waals surface area contributed by atoms with E-state index in [0.29, 0.717) is 52.5 Å². The zero-order valence-corrected chi connectivity index (χ0v) is 25.7. The number of Topliss-reactive ketones (excluding diaryl/α,β-unsaturated/α-hetero) is 1. The Morgan fingerprint density at radius 2 is 1.93 bits per heavy atom. The van der Waals surface area contributed by atoms with Gasteiger partial charge in [0, 0.05) is 58.7 Å². The van der Waals surface area contributed by atoms with Gasteiger partial charge in [0.25, 0.3) is 0 Å². The number of benzene rings is 1. The lowest BCUT2D eigenvalue weighted by Gasteiger charge is -2.14. The second kappa shape index (κ2) is 12.6. The SMILES string of the molecule is CCCC(=O)Cc1cc(-c2nc(C(F)(F)F)cs2)c(-c2ccc3c(c2)c(=O)c(C(=O)OCC)cn3Cc2noc(C3CC3)n2)cn1. The summed E-state index contributed by atoms with van der Waals surface area (Å²) in [5.41, 5.74) is 0.213. The van der Waals surface area contributed by atoms with Crippen molar-refractivity contribution in [3.63, 3.8) is 0 Å². The molecule has 0 aliphatic heterocycles.